The molecule has 0 radical (unpaired) electrons. The summed E-state index contributed by atoms with van der Waals surface area (Å²) in [7, 11) is -3.24. The van der Waals surface area contributed by atoms with Gasteiger partial charge in [0.25, 0.3) is 0 Å². The number of carbonyl (C=O) groups excluding carboxylic acids is 1. The van der Waals surface area contributed by atoms with Crippen molar-refractivity contribution in [2.45, 2.75) is 38.1 Å². The number of benzene rings is 2. The van der Waals surface area contributed by atoms with Crippen molar-refractivity contribution in [3.8, 4) is 0 Å². The maximum absolute atomic E-state index is 13.9. The second-order valence-electron chi connectivity index (χ2n) is 7.99. The Morgan fingerprint density at radius 3 is 2.21 bits per heavy atom. The highest BCUT2D eigenvalue weighted by Crippen LogP contribution is 2.39. The quantitative estimate of drug-likeness (QED) is 0.776. The van der Waals surface area contributed by atoms with Crippen LogP contribution in [0.3, 0.4) is 0 Å². The average molecular weight is 413 g/mol. The number of hydrogen-bond donors (Lipinski definition) is 0. The van der Waals surface area contributed by atoms with E-state index in [1.54, 1.807) is 11.2 Å². The SMILES string of the molecule is CCS(=O)(=O)N1CCC(C(=O)N2CCc3ccccc3C2)(c2ccccc2)CC1. The van der Waals surface area contributed by atoms with Crippen LogP contribution in [0, 0.1) is 0 Å². The first-order valence-corrected chi connectivity index (χ1v) is 12.0. The summed E-state index contributed by atoms with van der Waals surface area (Å²) in [6.07, 6.45) is 1.91. The van der Waals surface area contributed by atoms with E-state index in [0.29, 0.717) is 39.0 Å². The smallest absolute Gasteiger partial charge is 0.233 e. The lowest BCUT2D eigenvalue weighted by atomic mass is 9.71. The first-order valence-electron chi connectivity index (χ1n) is 10.4. The van der Waals surface area contributed by atoms with Gasteiger partial charge >= 0.3 is 0 Å². The molecular weight excluding hydrogens is 384 g/mol. The molecule has 0 unspecified atom stereocenters. The third-order valence-corrected chi connectivity index (χ3v) is 8.37. The third-order valence-electron chi connectivity index (χ3n) is 6.49. The van der Waals surface area contributed by atoms with E-state index in [-0.39, 0.29) is 11.7 Å². The van der Waals surface area contributed by atoms with Crippen LogP contribution in [0.15, 0.2) is 54.6 Å². The lowest BCUT2D eigenvalue weighted by Crippen LogP contribution is -2.54. The first-order chi connectivity index (χ1) is 14.0. The number of carbonyl (C=O) groups is 1. The summed E-state index contributed by atoms with van der Waals surface area (Å²) in [5.41, 5.74) is 2.86. The van der Waals surface area contributed by atoms with Crippen LogP contribution in [0.25, 0.3) is 0 Å². The van der Waals surface area contributed by atoms with Gasteiger partial charge in [0.1, 0.15) is 0 Å². The molecule has 0 spiro atoms. The molecule has 1 saturated heterocycles. The van der Waals surface area contributed by atoms with Gasteiger partial charge in [0.15, 0.2) is 0 Å². The molecule has 1 amide bonds. The van der Waals surface area contributed by atoms with Crippen molar-refractivity contribution in [1.82, 2.24) is 9.21 Å². The largest absolute Gasteiger partial charge is 0.337 e. The molecule has 29 heavy (non-hydrogen) atoms. The van der Waals surface area contributed by atoms with Gasteiger partial charge in [-0.3, -0.25) is 4.79 Å². The Kier molecular flexibility index (Phi) is 5.49. The molecule has 2 aromatic carbocycles. The van der Waals surface area contributed by atoms with E-state index in [4.69, 9.17) is 0 Å². The molecule has 0 saturated carbocycles. The van der Waals surface area contributed by atoms with Gasteiger partial charge in [-0.1, -0.05) is 54.6 Å². The van der Waals surface area contributed by atoms with E-state index in [1.165, 1.54) is 11.1 Å². The summed E-state index contributed by atoms with van der Waals surface area (Å²) in [4.78, 5) is 15.8. The molecule has 5 nitrogen and oxygen atoms in total. The molecule has 6 heteroatoms. The molecule has 0 aromatic heterocycles. The van der Waals surface area contributed by atoms with Crippen LogP contribution < -0.4 is 0 Å². The van der Waals surface area contributed by atoms with Crippen LogP contribution >= 0.6 is 0 Å². The van der Waals surface area contributed by atoms with Crippen molar-refractivity contribution in [2.24, 2.45) is 0 Å². The third kappa shape index (κ3) is 3.71. The molecule has 2 aromatic rings. The van der Waals surface area contributed by atoms with Crippen molar-refractivity contribution in [1.29, 1.82) is 0 Å². The number of sulfonamides is 1. The minimum atomic E-state index is -3.24. The van der Waals surface area contributed by atoms with Gasteiger partial charge in [0.2, 0.25) is 15.9 Å². The van der Waals surface area contributed by atoms with E-state index in [0.717, 1.165) is 12.0 Å². The van der Waals surface area contributed by atoms with Gasteiger partial charge in [0.05, 0.1) is 11.2 Å². The normalized spacial score (nSPS) is 19.6. The van der Waals surface area contributed by atoms with Crippen LogP contribution in [0.4, 0.5) is 0 Å². The Morgan fingerprint density at radius 1 is 0.931 bits per heavy atom. The molecule has 1 fully saturated rings. The van der Waals surface area contributed by atoms with Crippen LogP contribution in [-0.4, -0.2) is 48.9 Å². The molecule has 0 N–H and O–H groups in total. The van der Waals surface area contributed by atoms with E-state index < -0.39 is 15.4 Å². The van der Waals surface area contributed by atoms with Gasteiger partial charge in [-0.2, -0.15) is 0 Å². The van der Waals surface area contributed by atoms with E-state index in [2.05, 4.69) is 12.1 Å². The summed E-state index contributed by atoms with van der Waals surface area (Å²) in [5.74, 6) is 0.231. The number of piperidine rings is 1. The molecule has 154 valence electrons. The molecule has 2 heterocycles. The van der Waals surface area contributed by atoms with Crippen LogP contribution in [0.5, 0.6) is 0 Å². The van der Waals surface area contributed by atoms with Crippen LogP contribution in [0.2, 0.25) is 0 Å². The zero-order valence-corrected chi connectivity index (χ0v) is 17.7. The summed E-state index contributed by atoms with van der Waals surface area (Å²) in [6.45, 7) is 3.79. The second-order valence-corrected chi connectivity index (χ2v) is 10.3. The van der Waals surface area contributed by atoms with Gasteiger partial charge < -0.3 is 4.90 Å². The number of rotatable bonds is 4. The lowest BCUT2D eigenvalue weighted by molar-refractivity contribution is -0.140. The van der Waals surface area contributed by atoms with Crippen molar-refractivity contribution in [3.05, 3.63) is 71.3 Å². The maximum atomic E-state index is 13.9. The standard InChI is InChI=1S/C23H28N2O3S/c1-2-29(27,28)25-16-13-23(14-17-25,21-10-4-3-5-11-21)22(26)24-15-12-19-8-6-7-9-20(19)18-24/h3-11H,2,12-18H2,1H3. The fourth-order valence-electron chi connectivity index (χ4n) is 4.68. The Bertz CT molecular complexity index is 980. The lowest BCUT2D eigenvalue weighted by Gasteiger charge is -2.44. The number of nitrogens with zero attached hydrogens (tertiary/aromatic N) is 2. The van der Waals surface area contributed by atoms with Crippen molar-refractivity contribution < 1.29 is 13.2 Å². The summed E-state index contributed by atoms with van der Waals surface area (Å²) < 4.78 is 26.2. The predicted molar refractivity (Wildman–Crippen MR) is 114 cm³/mol. The molecule has 4 rings (SSSR count). The zero-order chi connectivity index (χ0) is 20.5. The Labute approximate surface area is 173 Å². The zero-order valence-electron chi connectivity index (χ0n) is 16.9. The van der Waals surface area contributed by atoms with E-state index in [1.807, 2.05) is 47.4 Å². The Hall–Kier alpha value is -2.18. The van der Waals surface area contributed by atoms with E-state index >= 15 is 0 Å². The number of fused-ring (bicyclic) bond motifs is 1. The van der Waals surface area contributed by atoms with Crippen LogP contribution in [-0.2, 0) is 33.2 Å². The van der Waals surface area contributed by atoms with Gasteiger partial charge in [-0.15, -0.1) is 0 Å². The summed E-state index contributed by atoms with van der Waals surface area (Å²) in [5, 5.41) is 0. The highest BCUT2D eigenvalue weighted by molar-refractivity contribution is 7.89. The minimum Gasteiger partial charge on any atom is -0.337 e. The van der Waals surface area contributed by atoms with Gasteiger partial charge in [0, 0.05) is 26.2 Å². The molecule has 0 aliphatic carbocycles. The van der Waals surface area contributed by atoms with Crippen LogP contribution in [0.1, 0.15) is 36.5 Å². The number of hydrogen-bond acceptors (Lipinski definition) is 3. The fraction of sp³-hybridized carbons (Fsp3) is 0.435. The van der Waals surface area contributed by atoms with E-state index in [9.17, 15) is 13.2 Å². The average Bonchev–Trinajstić information content (AvgIpc) is 2.79. The Balaban J connectivity index is 1.63. The topological polar surface area (TPSA) is 57.7 Å². The van der Waals surface area contributed by atoms with Crippen molar-refractivity contribution in [3.63, 3.8) is 0 Å². The molecule has 0 bridgehead atoms. The highest BCUT2D eigenvalue weighted by Gasteiger charge is 2.46. The summed E-state index contributed by atoms with van der Waals surface area (Å²) >= 11 is 0. The molecular formula is C23H28N2O3S. The summed E-state index contributed by atoms with van der Waals surface area (Å²) in [6, 6.07) is 18.2. The molecule has 2 aliphatic rings. The predicted octanol–water partition coefficient (Wildman–Crippen LogP) is 2.95. The van der Waals surface area contributed by atoms with Crippen molar-refractivity contribution >= 4 is 15.9 Å². The van der Waals surface area contributed by atoms with Gasteiger partial charge in [-0.05, 0) is 42.9 Å². The first kappa shape index (κ1) is 20.1. The monoisotopic (exact) mass is 412 g/mol. The van der Waals surface area contributed by atoms with Gasteiger partial charge in [-0.25, -0.2) is 12.7 Å². The fourth-order valence-corrected chi connectivity index (χ4v) is 5.79. The number of amides is 1. The van der Waals surface area contributed by atoms with Crippen molar-refractivity contribution in [2.75, 3.05) is 25.4 Å². The molecule has 2 aliphatic heterocycles. The minimum absolute atomic E-state index is 0.0994. The Morgan fingerprint density at radius 2 is 1.55 bits per heavy atom. The molecule has 0 atom stereocenters. The highest BCUT2D eigenvalue weighted by atomic mass is 32.2. The second kappa shape index (κ2) is 7.92. The maximum Gasteiger partial charge on any atom is 0.233 e.